The van der Waals surface area contributed by atoms with E-state index in [0.29, 0.717) is 34.8 Å². The Morgan fingerprint density at radius 3 is 2.88 bits per heavy atom. The molecule has 1 aliphatic heterocycles. The zero-order valence-electron chi connectivity index (χ0n) is 13.6. The highest BCUT2D eigenvalue weighted by atomic mass is 32.2. The quantitative estimate of drug-likeness (QED) is 0.833. The molecule has 0 bridgehead atoms. The van der Waals surface area contributed by atoms with Gasteiger partial charge in [0.2, 0.25) is 5.91 Å². The third-order valence-electron chi connectivity index (χ3n) is 4.22. The summed E-state index contributed by atoms with van der Waals surface area (Å²) in [4.78, 5) is 12.5. The maximum Gasteiger partial charge on any atom is 0.252 e. The maximum absolute atomic E-state index is 12.6. The van der Waals surface area contributed by atoms with Crippen molar-refractivity contribution >= 4 is 33.0 Å². The fourth-order valence-corrected chi connectivity index (χ4v) is 5.57. The van der Waals surface area contributed by atoms with Crippen LogP contribution in [0.1, 0.15) is 18.4 Å². The molecule has 0 aliphatic carbocycles. The number of thiophene rings is 1. The van der Waals surface area contributed by atoms with Crippen molar-refractivity contribution in [2.75, 3.05) is 18.4 Å². The molecule has 1 aliphatic rings. The van der Waals surface area contributed by atoms with Crippen LogP contribution in [0.25, 0.3) is 0 Å². The molecule has 2 aromatic rings. The molecule has 0 radical (unpaired) electrons. The number of sulfonamides is 1. The maximum atomic E-state index is 12.6. The second-order valence-electron chi connectivity index (χ2n) is 5.98. The van der Waals surface area contributed by atoms with Crippen LogP contribution in [0.5, 0.6) is 0 Å². The third-order valence-corrected chi connectivity index (χ3v) is 7.46. The monoisotopic (exact) mass is 380 g/mol. The fourth-order valence-electron chi connectivity index (χ4n) is 2.90. The van der Waals surface area contributed by atoms with Crippen LogP contribution in [0.4, 0.5) is 5.69 Å². The molecule has 1 saturated heterocycles. The van der Waals surface area contributed by atoms with Gasteiger partial charge in [-0.15, -0.1) is 11.3 Å². The normalized spacial score (nSPS) is 18.8. The lowest BCUT2D eigenvalue weighted by Gasteiger charge is -2.30. The number of carbonyl (C=O) groups is 1. The van der Waals surface area contributed by atoms with Crippen molar-refractivity contribution in [3.05, 3.63) is 47.3 Å². The summed E-state index contributed by atoms with van der Waals surface area (Å²) in [5, 5.41) is 13.7. The van der Waals surface area contributed by atoms with Gasteiger partial charge in [0.1, 0.15) is 4.21 Å². The first-order valence-electron chi connectivity index (χ1n) is 8.05. The van der Waals surface area contributed by atoms with Gasteiger partial charge in [-0.2, -0.15) is 4.31 Å². The van der Waals surface area contributed by atoms with Gasteiger partial charge in [-0.1, -0.05) is 18.2 Å². The highest BCUT2D eigenvalue weighted by Crippen LogP contribution is 2.27. The van der Waals surface area contributed by atoms with E-state index in [4.69, 9.17) is 0 Å². The molecule has 25 heavy (non-hydrogen) atoms. The van der Waals surface area contributed by atoms with Crippen LogP contribution in [0.3, 0.4) is 0 Å². The Balaban J connectivity index is 1.69. The van der Waals surface area contributed by atoms with Gasteiger partial charge in [0.15, 0.2) is 0 Å². The van der Waals surface area contributed by atoms with Gasteiger partial charge in [0.05, 0.1) is 12.5 Å². The predicted octanol–water partition coefficient (Wildman–Crippen LogP) is 2.28. The number of aliphatic hydroxyl groups excluding tert-OH is 1. The van der Waals surface area contributed by atoms with Crippen molar-refractivity contribution < 1.29 is 18.3 Å². The summed E-state index contributed by atoms with van der Waals surface area (Å²) in [7, 11) is -3.53. The number of aliphatic hydroxyl groups is 1. The Bertz CT molecular complexity index is 834. The number of carbonyl (C=O) groups excluding carboxylic acids is 1. The Morgan fingerprint density at radius 1 is 1.32 bits per heavy atom. The average Bonchev–Trinajstić information content (AvgIpc) is 3.17. The van der Waals surface area contributed by atoms with Crippen LogP contribution >= 0.6 is 11.3 Å². The number of nitrogens with one attached hydrogen (secondary N) is 1. The van der Waals surface area contributed by atoms with Gasteiger partial charge in [0.25, 0.3) is 10.0 Å². The van der Waals surface area contributed by atoms with E-state index < -0.39 is 10.0 Å². The molecule has 1 aromatic heterocycles. The highest BCUT2D eigenvalue weighted by molar-refractivity contribution is 7.91. The van der Waals surface area contributed by atoms with E-state index in [1.165, 1.54) is 15.6 Å². The number of rotatable bonds is 5. The van der Waals surface area contributed by atoms with E-state index in [-0.39, 0.29) is 25.0 Å². The fraction of sp³-hybridized carbons (Fsp3) is 0.353. The Labute approximate surface area is 151 Å². The molecule has 134 valence electrons. The van der Waals surface area contributed by atoms with Gasteiger partial charge < -0.3 is 10.4 Å². The number of nitrogens with zero attached hydrogens (tertiary/aromatic N) is 1. The predicted molar refractivity (Wildman–Crippen MR) is 96.8 cm³/mol. The number of hydrogen-bond acceptors (Lipinski definition) is 5. The van der Waals surface area contributed by atoms with E-state index in [1.54, 1.807) is 41.8 Å². The molecule has 1 amide bonds. The summed E-state index contributed by atoms with van der Waals surface area (Å²) in [5.74, 6) is -0.581. The van der Waals surface area contributed by atoms with Crippen molar-refractivity contribution in [1.29, 1.82) is 0 Å². The number of benzene rings is 1. The van der Waals surface area contributed by atoms with Crippen molar-refractivity contribution in [2.45, 2.75) is 23.7 Å². The molecule has 2 heterocycles. The summed E-state index contributed by atoms with van der Waals surface area (Å²) in [6.45, 7) is 0.524. The summed E-state index contributed by atoms with van der Waals surface area (Å²) < 4.78 is 27.0. The minimum Gasteiger partial charge on any atom is -0.392 e. The number of piperidine rings is 1. The zero-order valence-corrected chi connectivity index (χ0v) is 15.2. The van der Waals surface area contributed by atoms with Gasteiger partial charge >= 0.3 is 0 Å². The number of amides is 1. The molecule has 2 N–H and O–H groups in total. The van der Waals surface area contributed by atoms with Crippen LogP contribution in [0, 0.1) is 5.92 Å². The first-order valence-corrected chi connectivity index (χ1v) is 10.4. The van der Waals surface area contributed by atoms with Crippen LogP contribution in [-0.2, 0) is 21.4 Å². The molecule has 1 atom stereocenters. The molecule has 3 rings (SSSR count). The molecule has 1 aromatic carbocycles. The molecule has 8 heteroatoms. The van der Waals surface area contributed by atoms with Gasteiger partial charge in [0, 0.05) is 18.8 Å². The van der Waals surface area contributed by atoms with Crippen LogP contribution < -0.4 is 5.32 Å². The summed E-state index contributed by atoms with van der Waals surface area (Å²) in [6.07, 6.45) is 1.31. The third kappa shape index (κ3) is 4.09. The van der Waals surface area contributed by atoms with Crippen molar-refractivity contribution in [3.8, 4) is 0 Å². The number of anilines is 1. The van der Waals surface area contributed by atoms with E-state index in [1.807, 2.05) is 0 Å². The molecular weight excluding hydrogens is 360 g/mol. The average molecular weight is 380 g/mol. The van der Waals surface area contributed by atoms with E-state index >= 15 is 0 Å². The lowest BCUT2D eigenvalue weighted by atomic mass is 9.98. The molecule has 0 unspecified atom stereocenters. The SMILES string of the molecule is O=C(Nc1cccc(CO)c1)[C@@H]1CCCN(S(=O)(=O)c2cccs2)C1. The topological polar surface area (TPSA) is 86.7 Å². The highest BCUT2D eigenvalue weighted by Gasteiger charge is 2.33. The first kappa shape index (κ1) is 18.1. The molecule has 0 spiro atoms. The molecular formula is C17H20N2O4S2. The summed E-state index contributed by atoms with van der Waals surface area (Å²) >= 11 is 1.19. The van der Waals surface area contributed by atoms with E-state index in [2.05, 4.69) is 5.32 Å². The second kappa shape index (κ2) is 7.65. The molecule has 6 nitrogen and oxygen atoms in total. The largest absolute Gasteiger partial charge is 0.392 e. The lowest BCUT2D eigenvalue weighted by molar-refractivity contribution is -0.120. The lowest BCUT2D eigenvalue weighted by Crippen LogP contribution is -2.43. The Kier molecular flexibility index (Phi) is 5.53. The van der Waals surface area contributed by atoms with Gasteiger partial charge in [-0.25, -0.2) is 8.42 Å². The van der Waals surface area contributed by atoms with Gasteiger partial charge in [-0.3, -0.25) is 4.79 Å². The van der Waals surface area contributed by atoms with Crippen molar-refractivity contribution in [1.82, 2.24) is 4.31 Å². The Hall–Kier alpha value is -1.74. The zero-order chi connectivity index (χ0) is 17.9. The van der Waals surface area contributed by atoms with Gasteiger partial charge in [-0.05, 0) is 42.0 Å². The van der Waals surface area contributed by atoms with Crippen LogP contribution in [-0.4, -0.2) is 36.8 Å². The van der Waals surface area contributed by atoms with E-state index in [0.717, 1.165) is 0 Å². The van der Waals surface area contributed by atoms with Crippen LogP contribution in [0.2, 0.25) is 0 Å². The van der Waals surface area contributed by atoms with Crippen molar-refractivity contribution in [2.24, 2.45) is 5.92 Å². The molecule has 0 saturated carbocycles. The van der Waals surface area contributed by atoms with E-state index in [9.17, 15) is 18.3 Å². The standard InChI is InChI=1S/C17H20N2O4S2/c20-12-13-4-1-6-15(10-13)18-17(21)14-5-2-8-19(11-14)25(22,23)16-7-3-9-24-16/h1,3-4,6-7,9-10,14,20H,2,5,8,11-12H2,(H,18,21)/t14-/m1/s1. The molecule has 1 fully saturated rings. The second-order valence-corrected chi connectivity index (χ2v) is 9.09. The number of hydrogen-bond donors (Lipinski definition) is 2. The minimum atomic E-state index is -3.53. The summed E-state index contributed by atoms with van der Waals surface area (Å²) in [6, 6.07) is 10.3. The smallest absolute Gasteiger partial charge is 0.252 e. The van der Waals surface area contributed by atoms with Crippen LogP contribution in [0.15, 0.2) is 46.0 Å². The van der Waals surface area contributed by atoms with Crippen molar-refractivity contribution in [3.63, 3.8) is 0 Å². The summed E-state index contributed by atoms with van der Waals surface area (Å²) in [5.41, 5.74) is 1.32. The Morgan fingerprint density at radius 2 is 2.16 bits per heavy atom. The minimum absolute atomic E-state index is 0.0972. The first-order chi connectivity index (χ1) is 12.0.